The van der Waals surface area contributed by atoms with Gasteiger partial charge in [0, 0.05) is 18.8 Å². The Morgan fingerprint density at radius 2 is 2.08 bits per heavy atom. The molecular formula is C11H24N2. The summed E-state index contributed by atoms with van der Waals surface area (Å²) in [7, 11) is 0. The first-order valence-electron chi connectivity index (χ1n) is 5.47. The van der Waals surface area contributed by atoms with Gasteiger partial charge in [0.1, 0.15) is 0 Å². The van der Waals surface area contributed by atoms with Crippen LogP contribution in [-0.2, 0) is 0 Å². The molecule has 0 radical (unpaired) electrons. The first kappa shape index (κ1) is 11.0. The maximum atomic E-state index is 3.56. The molecule has 0 aromatic rings. The zero-order chi connectivity index (χ0) is 9.90. The summed E-state index contributed by atoms with van der Waals surface area (Å²) in [5, 5.41) is 3.56. The van der Waals surface area contributed by atoms with Gasteiger partial charge in [0.05, 0.1) is 0 Å². The average Bonchev–Trinajstić information content (AvgIpc) is 2.02. The van der Waals surface area contributed by atoms with Gasteiger partial charge in [0.2, 0.25) is 0 Å². The lowest BCUT2D eigenvalue weighted by Gasteiger charge is -2.38. The van der Waals surface area contributed by atoms with Crippen LogP contribution >= 0.6 is 0 Å². The molecule has 1 fully saturated rings. The summed E-state index contributed by atoms with van der Waals surface area (Å²) in [5.74, 6) is 0.829. The summed E-state index contributed by atoms with van der Waals surface area (Å²) in [6, 6.07) is 0. The molecule has 1 saturated heterocycles. The van der Waals surface area contributed by atoms with Crippen LogP contribution < -0.4 is 5.32 Å². The number of nitrogens with zero attached hydrogens (tertiary/aromatic N) is 1. The second kappa shape index (κ2) is 4.43. The molecular weight excluding hydrogens is 160 g/mol. The quantitative estimate of drug-likeness (QED) is 0.722. The standard InChI is InChI=1S/C11H24N2/c1-10(2)5-7-13-8-6-11(3,4)12-9-13/h10,12H,5-9H2,1-4H3. The second-order valence-electron chi connectivity index (χ2n) is 5.27. The smallest absolute Gasteiger partial charge is 0.0484 e. The molecule has 1 aliphatic heterocycles. The Balaban J connectivity index is 2.18. The van der Waals surface area contributed by atoms with E-state index in [1.54, 1.807) is 0 Å². The van der Waals surface area contributed by atoms with Gasteiger partial charge in [-0.2, -0.15) is 0 Å². The minimum absolute atomic E-state index is 0.355. The topological polar surface area (TPSA) is 15.3 Å². The molecule has 0 aliphatic carbocycles. The highest BCUT2D eigenvalue weighted by atomic mass is 15.3. The van der Waals surface area contributed by atoms with Crippen molar-refractivity contribution in [3.63, 3.8) is 0 Å². The van der Waals surface area contributed by atoms with E-state index in [9.17, 15) is 0 Å². The Morgan fingerprint density at radius 3 is 2.54 bits per heavy atom. The lowest BCUT2D eigenvalue weighted by Crippen LogP contribution is -2.53. The summed E-state index contributed by atoms with van der Waals surface area (Å²) >= 11 is 0. The van der Waals surface area contributed by atoms with Gasteiger partial charge in [-0.15, -0.1) is 0 Å². The van der Waals surface area contributed by atoms with Crippen LogP contribution in [0.25, 0.3) is 0 Å². The van der Waals surface area contributed by atoms with Crippen molar-refractivity contribution in [2.24, 2.45) is 5.92 Å². The molecule has 1 rings (SSSR count). The van der Waals surface area contributed by atoms with Crippen LogP contribution in [0.2, 0.25) is 0 Å². The van der Waals surface area contributed by atoms with Crippen LogP contribution in [0.4, 0.5) is 0 Å². The van der Waals surface area contributed by atoms with Crippen molar-refractivity contribution < 1.29 is 0 Å². The Hall–Kier alpha value is -0.0800. The predicted octanol–water partition coefficient (Wildman–Crippen LogP) is 2.06. The fourth-order valence-electron chi connectivity index (χ4n) is 1.56. The van der Waals surface area contributed by atoms with Gasteiger partial charge in [-0.25, -0.2) is 0 Å². The Morgan fingerprint density at radius 1 is 1.38 bits per heavy atom. The lowest BCUT2D eigenvalue weighted by molar-refractivity contribution is 0.138. The summed E-state index contributed by atoms with van der Waals surface area (Å²) in [6.45, 7) is 12.7. The second-order valence-corrected chi connectivity index (χ2v) is 5.27. The molecule has 0 bridgehead atoms. The van der Waals surface area contributed by atoms with Gasteiger partial charge >= 0.3 is 0 Å². The van der Waals surface area contributed by atoms with E-state index >= 15 is 0 Å². The molecule has 13 heavy (non-hydrogen) atoms. The molecule has 2 heteroatoms. The largest absolute Gasteiger partial charge is 0.299 e. The highest BCUT2D eigenvalue weighted by Crippen LogP contribution is 2.14. The predicted molar refractivity (Wildman–Crippen MR) is 57.7 cm³/mol. The van der Waals surface area contributed by atoms with Crippen molar-refractivity contribution in [3.05, 3.63) is 0 Å². The number of rotatable bonds is 3. The minimum Gasteiger partial charge on any atom is -0.299 e. The zero-order valence-corrected chi connectivity index (χ0v) is 9.56. The number of hydrogen-bond acceptors (Lipinski definition) is 2. The summed E-state index contributed by atoms with van der Waals surface area (Å²) < 4.78 is 0. The maximum Gasteiger partial charge on any atom is 0.0484 e. The molecule has 1 heterocycles. The Labute approximate surface area is 82.7 Å². The first-order valence-corrected chi connectivity index (χ1v) is 5.47. The third-order valence-corrected chi connectivity index (χ3v) is 2.86. The summed E-state index contributed by atoms with van der Waals surface area (Å²) in [6.07, 6.45) is 2.59. The van der Waals surface area contributed by atoms with Gasteiger partial charge in [0.25, 0.3) is 0 Å². The average molecular weight is 184 g/mol. The fourth-order valence-corrected chi connectivity index (χ4v) is 1.56. The van der Waals surface area contributed by atoms with E-state index in [0.29, 0.717) is 5.54 Å². The van der Waals surface area contributed by atoms with Crippen LogP contribution in [-0.4, -0.2) is 30.2 Å². The Kier molecular flexibility index (Phi) is 3.74. The molecule has 0 amide bonds. The van der Waals surface area contributed by atoms with Crippen molar-refractivity contribution in [2.45, 2.75) is 46.1 Å². The van der Waals surface area contributed by atoms with E-state index < -0.39 is 0 Å². The van der Waals surface area contributed by atoms with Crippen molar-refractivity contribution in [2.75, 3.05) is 19.8 Å². The Bertz CT molecular complexity index is 139. The lowest BCUT2D eigenvalue weighted by atomic mass is 9.98. The van der Waals surface area contributed by atoms with Crippen LogP contribution in [0, 0.1) is 5.92 Å². The molecule has 2 nitrogen and oxygen atoms in total. The van der Waals surface area contributed by atoms with Gasteiger partial charge in [-0.05, 0) is 39.2 Å². The van der Waals surface area contributed by atoms with Crippen LogP contribution in [0.3, 0.4) is 0 Å². The zero-order valence-electron chi connectivity index (χ0n) is 9.56. The van der Waals surface area contributed by atoms with Gasteiger partial charge in [-0.3, -0.25) is 10.2 Å². The minimum atomic E-state index is 0.355. The molecule has 1 aliphatic rings. The number of hydrogen-bond donors (Lipinski definition) is 1. The van der Waals surface area contributed by atoms with E-state index in [2.05, 4.69) is 37.9 Å². The third-order valence-electron chi connectivity index (χ3n) is 2.86. The molecule has 0 atom stereocenters. The molecule has 0 unspecified atom stereocenters. The highest BCUT2D eigenvalue weighted by molar-refractivity contribution is 4.83. The fraction of sp³-hybridized carbons (Fsp3) is 1.00. The van der Waals surface area contributed by atoms with Gasteiger partial charge < -0.3 is 0 Å². The van der Waals surface area contributed by atoms with Crippen LogP contribution in [0.1, 0.15) is 40.5 Å². The molecule has 1 N–H and O–H groups in total. The van der Waals surface area contributed by atoms with Gasteiger partial charge in [0.15, 0.2) is 0 Å². The van der Waals surface area contributed by atoms with Crippen molar-refractivity contribution in [1.82, 2.24) is 10.2 Å². The van der Waals surface area contributed by atoms with Gasteiger partial charge in [-0.1, -0.05) is 13.8 Å². The van der Waals surface area contributed by atoms with E-state index in [1.165, 1.54) is 25.9 Å². The van der Waals surface area contributed by atoms with Crippen molar-refractivity contribution in [3.8, 4) is 0 Å². The van der Waals surface area contributed by atoms with Crippen molar-refractivity contribution >= 4 is 0 Å². The normalized spacial score (nSPS) is 23.8. The van der Waals surface area contributed by atoms with Crippen LogP contribution in [0.15, 0.2) is 0 Å². The van der Waals surface area contributed by atoms with E-state index in [1.807, 2.05) is 0 Å². The summed E-state index contributed by atoms with van der Waals surface area (Å²) in [5.41, 5.74) is 0.355. The third kappa shape index (κ3) is 4.10. The van der Waals surface area contributed by atoms with E-state index in [-0.39, 0.29) is 0 Å². The molecule has 0 aromatic heterocycles. The molecule has 0 saturated carbocycles. The van der Waals surface area contributed by atoms with Crippen molar-refractivity contribution in [1.29, 1.82) is 0 Å². The summed E-state index contributed by atoms with van der Waals surface area (Å²) in [4.78, 5) is 2.52. The molecule has 78 valence electrons. The van der Waals surface area contributed by atoms with E-state index in [0.717, 1.165) is 12.6 Å². The SMILES string of the molecule is CC(C)CCN1CCC(C)(C)NC1. The molecule has 0 aromatic carbocycles. The molecule has 0 spiro atoms. The first-order chi connectivity index (χ1) is 5.99. The number of nitrogens with one attached hydrogen (secondary N) is 1. The maximum absolute atomic E-state index is 3.56. The monoisotopic (exact) mass is 184 g/mol. The van der Waals surface area contributed by atoms with Crippen LogP contribution in [0.5, 0.6) is 0 Å². The highest BCUT2D eigenvalue weighted by Gasteiger charge is 2.23. The van der Waals surface area contributed by atoms with E-state index in [4.69, 9.17) is 0 Å².